The number of nitrogens with zero attached hydrogens (tertiary/aromatic N) is 3. The van der Waals surface area contributed by atoms with E-state index in [9.17, 15) is 22.0 Å². The van der Waals surface area contributed by atoms with Crippen molar-refractivity contribution in [3.8, 4) is 10.7 Å². The summed E-state index contributed by atoms with van der Waals surface area (Å²) in [6.07, 6.45) is 1.51. The molecule has 0 radical (unpaired) electrons. The molecule has 3 heterocycles. The van der Waals surface area contributed by atoms with Crippen LogP contribution >= 0.6 is 23.1 Å². The zero-order chi connectivity index (χ0) is 19.8. The van der Waals surface area contributed by atoms with Crippen molar-refractivity contribution >= 4 is 23.1 Å². The molecule has 1 aliphatic heterocycles. The summed E-state index contributed by atoms with van der Waals surface area (Å²) in [4.78, 5) is -0.259. The van der Waals surface area contributed by atoms with Crippen molar-refractivity contribution in [1.29, 1.82) is 0 Å². The summed E-state index contributed by atoms with van der Waals surface area (Å²) >= 11 is 1.74. The Bertz CT molecular complexity index is 974. The third kappa shape index (κ3) is 3.42. The summed E-state index contributed by atoms with van der Waals surface area (Å²) in [5, 5.41) is 9.83. The molecule has 1 atom stereocenters. The maximum atomic E-state index is 14.1. The van der Waals surface area contributed by atoms with E-state index < -0.39 is 34.0 Å². The molecular weight excluding hydrogens is 421 g/mol. The molecule has 0 N–H and O–H groups in total. The second kappa shape index (κ2) is 7.80. The SMILES string of the molecule is Fc1c(F)c(F)c(Sc2nnc(-c3cccs3)n2C[C@@H]2CCCO2)c(F)c1F. The molecule has 1 saturated heterocycles. The molecule has 0 unspecified atom stereocenters. The van der Waals surface area contributed by atoms with E-state index in [1.54, 1.807) is 10.6 Å². The van der Waals surface area contributed by atoms with E-state index in [4.69, 9.17) is 4.74 Å². The van der Waals surface area contributed by atoms with Crippen LogP contribution < -0.4 is 0 Å². The molecule has 28 heavy (non-hydrogen) atoms. The van der Waals surface area contributed by atoms with E-state index in [1.165, 1.54) is 11.3 Å². The number of ether oxygens (including phenoxy) is 1. The van der Waals surface area contributed by atoms with Gasteiger partial charge in [0.15, 0.2) is 34.2 Å². The number of halogens is 5. The quantitative estimate of drug-likeness (QED) is 0.321. The second-order valence-electron chi connectivity index (χ2n) is 6.03. The van der Waals surface area contributed by atoms with Gasteiger partial charge in [-0.3, -0.25) is 4.57 Å². The molecule has 2 aromatic heterocycles. The monoisotopic (exact) mass is 433 g/mol. The van der Waals surface area contributed by atoms with Gasteiger partial charge >= 0.3 is 0 Å². The van der Waals surface area contributed by atoms with Crippen LogP contribution in [-0.2, 0) is 11.3 Å². The van der Waals surface area contributed by atoms with Gasteiger partial charge in [0.05, 0.1) is 22.4 Å². The van der Waals surface area contributed by atoms with Crippen molar-refractivity contribution in [2.45, 2.75) is 35.5 Å². The van der Waals surface area contributed by atoms with Crippen LogP contribution in [0.3, 0.4) is 0 Å². The Morgan fingerprint density at radius 3 is 2.39 bits per heavy atom. The molecule has 0 saturated carbocycles. The van der Waals surface area contributed by atoms with E-state index >= 15 is 0 Å². The highest BCUT2D eigenvalue weighted by molar-refractivity contribution is 7.99. The Kier molecular flexibility index (Phi) is 5.39. The van der Waals surface area contributed by atoms with Crippen LogP contribution in [0.4, 0.5) is 22.0 Å². The summed E-state index contributed by atoms with van der Waals surface area (Å²) in [7, 11) is 0. The average Bonchev–Trinajstić information content (AvgIpc) is 3.45. The van der Waals surface area contributed by atoms with E-state index in [2.05, 4.69) is 10.2 Å². The van der Waals surface area contributed by atoms with Gasteiger partial charge in [-0.25, -0.2) is 22.0 Å². The van der Waals surface area contributed by atoms with Crippen LogP contribution in [0.25, 0.3) is 10.7 Å². The number of rotatable bonds is 5. The van der Waals surface area contributed by atoms with Crippen LogP contribution in [0, 0.1) is 29.1 Å². The van der Waals surface area contributed by atoms with Gasteiger partial charge in [0.2, 0.25) is 5.82 Å². The number of thiophene rings is 1. The molecule has 1 aromatic carbocycles. The Balaban J connectivity index is 1.76. The summed E-state index contributed by atoms with van der Waals surface area (Å²) in [5.41, 5.74) is 0. The van der Waals surface area contributed by atoms with Gasteiger partial charge in [-0.2, -0.15) is 0 Å². The van der Waals surface area contributed by atoms with Crippen LogP contribution in [-0.4, -0.2) is 27.5 Å². The molecule has 0 aliphatic carbocycles. The lowest BCUT2D eigenvalue weighted by Crippen LogP contribution is -2.16. The molecule has 3 aromatic rings. The highest BCUT2D eigenvalue weighted by atomic mass is 32.2. The molecule has 0 amide bonds. The van der Waals surface area contributed by atoms with Crippen LogP contribution in [0.5, 0.6) is 0 Å². The fourth-order valence-corrected chi connectivity index (χ4v) is 4.49. The Hall–Kier alpha value is -1.98. The predicted octanol–water partition coefficient (Wildman–Crippen LogP) is 5.03. The molecule has 1 aliphatic rings. The van der Waals surface area contributed by atoms with E-state index in [0.29, 0.717) is 30.7 Å². The topological polar surface area (TPSA) is 39.9 Å². The number of aromatic nitrogens is 3. The Morgan fingerprint density at radius 2 is 1.79 bits per heavy atom. The smallest absolute Gasteiger partial charge is 0.200 e. The van der Waals surface area contributed by atoms with Gasteiger partial charge in [-0.05, 0) is 36.0 Å². The zero-order valence-electron chi connectivity index (χ0n) is 14.1. The average molecular weight is 433 g/mol. The van der Waals surface area contributed by atoms with Crippen molar-refractivity contribution in [1.82, 2.24) is 14.8 Å². The van der Waals surface area contributed by atoms with Crippen molar-refractivity contribution < 1.29 is 26.7 Å². The third-order valence-electron chi connectivity index (χ3n) is 4.23. The van der Waals surface area contributed by atoms with Crippen molar-refractivity contribution in [3.63, 3.8) is 0 Å². The largest absolute Gasteiger partial charge is 0.376 e. The molecule has 0 bridgehead atoms. The van der Waals surface area contributed by atoms with Crippen LogP contribution in [0.15, 0.2) is 27.6 Å². The molecular formula is C17H12F5N3OS2. The molecule has 0 spiro atoms. The molecule has 148 valence electrons. The van der Waals surface area contributed by atoms with E-state index in [1.807, 2.05) is 11.4 Å². The summed E-state index contributed by atoms with van der Waals surface area (Å²) in [6.45, 7) is 0.902. The lowest BCUT2D eigenvalue weighted by Gasteiger charge is -2.14. The predicted molar refractivity (Wildman–Crippen MR) is 92.7 cm³/mol. The molecule has 4 rings (SSSR count). The Morgan fingerprint density at radius 1 is 1.07 bits per heavy atom. The maximum Gasteiger partial charge on any atom is 0.200 e. The van der Waals surface area contributed by atoms with E-state index in [-0.39, 0.29) is 11.3 Å². The minimum atomic E-state index is -2.19. The number of hydrogen-bond donors (Lipinski definition) is 0. The van der Waals surface area contributed by atoms with Gasteiger partial charge in [0.1, 0.15) is 0 Å². The summed E-state index contributed by atoms with van der Waals surface area (Å²) in [5.74, 6) is -9.54. The van der Waals surface area contributed by atoms with Crippen molar-refractivity contribution in [2.75, 3.05) is 6.61 Å². The highest BCUT2D eigenvalue weighted by Crippen LogP contribution is 2.37. The third-order valence-corrected chi connectivity index (χ3v) is 6.14. The standard InChI is InChI=1S/C17H12F5N3OS2/c18-10-11(19)13(21)15(14(22)12(10)20)28-17-24-23-16(9-4-2-6-27-9)25(17)7-8-3-1-5-26-8/h2,4,6,8H,1,3,5,7H2/t8-/m0/s1. The number of benzene rings is 1. The fourth-order valence-electron chi connectivity index (χ4n) is 2.87. The van der Waals surface area contributed by atoms with E-state index in [0.717, 1.165) is 17.7 Å². The highest BCUT2D eigenvalue weighted by Gasteiger charge is 2.29. The fraction of sp³-hybridized carbons (Fsp3) is 0.294. The lowest BCUT2D eigenvalue weighted by molar-refractivity contribution is 0.0953. The van der Waals surface area contributed by atoms with Gasteiger partial charge < -0.3 is 4.74 Å². The van der Waals surface area contributed by atoms with Gasteiger partial charge in [0.25, 0.3) is 0 Å². The number of hydrogen-bond acceptors (Lipinski definition) is 5. The molecule has 1 fully saturated rings. The van der Waals surface area contributed by atoms with Gasteiger partial charge in [-0.15, -0.1) is 21.5 Å². The first-order valence-corrected chi connectivity index (χ1v) is 9.95. The normalized spacial score (nSPS) is 16.8. The minimum absolute atomic E-state index is 0.0158. The van der Waals surface area contributed by atoms with Crippen LogP contribution in [0.2, 0.25) is 0 Å². The second-order valence-corrected chi connectivity index (χ2v) is 7.96. The van der Waals surface area contributed by atoms with Crippen LogP contribution in [0.1, 0.15) is 12.8 Å². The first-order valence-electron chi connectivity index (χ1n) is 8.25. The minimum Gasteiger partial charge on any atom is -0.376 e. The van der Waals surface area contributed by atoms with Gasteiger partial charge in [-0.1, -0.05) is 6.07 Å². The Labute approximate surface area is 164 Å². The summed E-state index contributed by atoms with van der Waals surface area (Å²) < 4.78 is 75.7. The molecule has 4 nitrogen and oxygen atoms in total. The maximum absolute atomic E-state index is 14.1. The summed E-state index contributed by atoms with van der Waals surface area (Å²) in [6, 6.07) is 3.61. The van der Waals surface area contributed by atoms with Crippen molar-refractivity contribution in [2.24, 2.45) is 0 Å². The lowest BCUT2D eigenvalue weighted by atomic mass is 10.2. The first kappa shape index (κ1) is 19.3. The first-order chi connectivity index (χ1) is 13.5. The van der Waals surface area contributed by atoms with Gasteiger partial charge in [0, 0.05) is 6.61 Å². The van der Waals surface area contributed by atoms with Crippen molar-refractivity contribution in [3.05, 3.63) is 46.6 Å². The molecule has 11 heteroatoms. The zero-order valence-corrected chi connectivity index (χ0v) is 15.7.